The molecule has 1 N–H and O–H groups in total. The second-order valence-corrected chi connectivity index (χ2v) is 8.06. The molecule has 0 bridgehead atoms. The Morgan fingerprint density at radius 1 is 1.43 bits per heavy atom. The number of aliphatic hydroxyl groups is 1. The van der Waals surface area contributed by atoms with Gasteiger partial charge in [0.25, 0.3) is 0 Å². The molecule has 2 rings (SSSR count). The zero-order valence-electron chi connectivity index (χ0n) is 13.9. The van der Waals surface area contributed by atoms with Crippen LogP contribution in [0.25, 0.3) is 0 Å². The van der Waals surface area contributed by atoms with E-state index in [0.29, 0.717) is 24.0 Å². The monoisotopic (exact) mass is 294 g/mol. The van der Waals surface area contributed by atoms with Crippen LogP contribution in [0, 0.1) is 23.2 Å². The van der Waals surface area contributed by atoms with E-state index in [-0.39, 0.29) is 17.1 Å². The average Bonchev–Trinajstić information content (AvgIpc) is 2.73. The molecule has 0 aromatic carbocycles. The largest absolute Gasteiger partial charge is 0.383 e. The van der Waals surface area contributed by atoms with Gasteiger partial charge in [0.15, 0.2) is 5.78 Å². The lowest BCUT2D eigenvalue weighted by Crippen LogP contribution is -2.39. The van der Waals surface area contributed by atoms with Crippen LogP contribution in [0.2, 0.25) is 0 Å². The third kappa shape index (κ3) is 3.23. The van der Waals surface area contributed by atoms with Crippen molar-refractivity contribution >= 4 is 11.6 Å². The molecule has 0 aliphatic heterocycles. The molecule has 2 saturated carbocycles. The van der Waals surface area contributed by atoms with E-state index in [9.17, 15) is 14.7 Å². The second-order valence-electron chi connectivity index (χ2n) is 8.06. The fraction of sp³-hybridized carbons (Fsp3) is 0.889. The zero-order chi connectivity index (χ0) is 15.8. The Kier molecular flexibility index (Phi) is 4.63. The Morgan fingerprint density at radius 3 is 2.71 bits per heavy atom. The smallest absolute Gasteiger partial charge is 0.163 e. The minimum absolute atomic E-state index is 0.0752. The minimum atomic E-state index is -1.22. The van der Waals surface area contributed by atoms with Gasteiger partial charge in [-0.15, -0.1) is 0 Å². The number of hydrogen-bond acceptors (Lipinski definition) is 3. The maximum Gasteiger partial charge on any atom is 0.163 e. The summed E-state index contributed by atoms with van der Waals surface area (Å²) >= 11 is 0. The van der Waals surface area contributed by atoms with E-state index in [4.69, 9.17) is 0 Å². The topological polar surface area (TPSA) is 54.4 Å². The highest BCUT2D eigenvalue weighted by molar-refractivity contribution is 5.86. The molecule has 2 aliphatic carbocycles. The number of carbonyl (C=O) groups is 2. The summed E-state index contributed by atoms with van der Waals surface area (Å²) in [5.41, 5.74) is -1.07. The molecule has 120 valence electrons. The first kappa shape index (κ1) is 16.7. The Hall–Kier alpha value is -0.700. The highest BCUT2D eigenvalue weighted by Crippen LogP contribution is 2.57. The molecule has 21 heavy (non-hydrogen) atoms. The molecule has 3 nitrogen and oxygen atoms in total. The molecule has 3 heteroatoms. The Bertz CT molecular complexity index is 421. The van der Waals surface area contributed by atoms with Crippen molar-refractivity contribution in [3.63, 3.8) is 0 Å². The second kappa shape index (κ2) is 5.83. The van der Waals surface area contributed by atoms with E-state index >= 15 is 0 Å². The molecule has 0 unspecified atom stereocenters. The van der Waals surface area contributed by atoms with Gasteiger partial charge < -0.3 is 5.11 Å². The van der Waals surface area contributed by atoms with Gasteiger partial charge in [-0.25, -0.2) is 0 Å². The maximum atomic E-state index is 12.2. The zero-order valence-corrected chi connectivity index (χ0v) is 13.9. The van der Waals surface area contributed by atoms with Gasteiger partial charge in [0.2, 0.25) is 0 Å². The van der Waals surface area contributed by atoms with Gasteiger partial charge in [0.05, 0.1) is 0 Å². The van der Waals surface area contributed by atoms with Crippen molar-refractivity contribution in [1.29, 1.82) is 0 Å². The Labute approximate surface area is 128 Å². The van der Waals surface area contributed by atoms with Crippen LogP contribution in [0.5, 0.6) is 0 Å². The highest BCUT2D eigenvalue weighted by atomic mass is 16.3. The number of Topliss-reactive ketones (excluding diaryl/α,β-unsaturated/α-hetero) is 2. The maximum absolute atomic E-state index is 12.2. The highest BCUT2D eigenvalue weighted by Gasteiger charge is 2.52. The van der Waals surface area contributed by atoms with Crippen LogP contribution in [-0.2, 0) is 9.59 Å². The molecular weight excluding hydrogens is 264 g/mol. The van der Waals surface area contributed by atoms with Crippen LogP contribution in [0.4, 0.5) is 0 Å². The SMILES string of the molecule is C[C@H](CCC(=O)C(C)(C)O)[C@H]1CC[C@H]2C(=O)CCC[C@]12C. The summed E-state index contributed by atoms with van der Waals surface area (Å²) in [6.07, 6.45) is 6.35. The summed E-state index contributed by atoms with van der Waals surface area (Å²) in [5.74, 6) is 1.63. The lowest BCUT2D eigenvalue weighted by atomic mass is 9.62. The molecule has 0 amide bonds. The molecule has 0 heterocycles. The number of hydrogen-bond donors (Lipinski definition) is 1. The van der Waals surface area contributed by atoms with E-state index in [1.807, 2.05) is 0 Å². The van der Waals surface area contributed by atoms with E-state index in [1.54, 1.807) is 13.8 Å². The lowest BCUT2D eigenvalue weighted by Gasteiger charge is -2.42. The van der Waals surface area contributed by atoms with E-state index in [0.717, 1.165) is 38.5 Å². The minimum Gasteiger partial charge on any atom is -0.383 e. The lowest BCUT2D eigenvalue weighted by molar-refractivity contribution is -0.135. The van der Waals surface area contributed by atoms with Gasteiger partial charge in [0, 0.05) is 18.8 Å². The fourth-order valence-electron chi connectivity index (χ4n) is 4.77. The molecule has 0 aromatic rings. The standard InChI is InChI=1S/C18H30O3/c1-12(7-10-16(20)17(2,3)21)13-8-9-14-15(19)6-5-11-18(13,14)4/h12-14,21H,5-11H2,1-4H3/t12-,13-,14+,18-/m1/s1. The molecular formula is C18H30O3. The van der Waals surface area contributed by atoms with Crippen molar-refractivity contribution in [3.05, 3.63) is 0 Å². The Morgan fingerprint density at radius 2 is 2.10 bits per heavy atom. The summed E-state index contributed by atoms with van der Waals surface area (Å²) in [6.45, 7) is 7.63. The van der Waals surface area contributed by atoms with E-state index < -0.39 is 5.60 Å². The average molecular weight is 294 g/mol. The van der Waals surface area contributed by atoms with Crippen LogP contribution < -0.4 is 0 Å². The van der Waals surface area contributed by atoms with Crippen molar-refractivity contribution < 1.29 is 14.7 Å². The molecule has 0 aromatic heterocycles. The first-order valence-corrected chi connectivity index (χ1v) is 8.44. The fourth-order valence-corrected chi connectivity index (χ4v) is 4.77. The van der Waals surface area contributed by atoms with Gasteiger partial charge in [0.1, 0.15) is 11.4 Å². The van der Waals surface area contributed by atoms with Crippen molar-refractivity contribution in [2.75, 3.05) is 0 Å². The quantitative estimate of drug-likeness (QED) is 0.844. The summed E-state index contributed by atoms with van der Waals surface area (Å²) in [5, 5.41) is 9.74. The van der Waals surface area contributed by atoms with Gasteiger partial charge in [-0.1, -0.05) is 13.8 Å². The summed E-state index contributed by atoms with van der Waals surface area (Å²) in [4.78, 5) is 24.1. The van der Waals surface area contributed by atoms with Crippen molar-refractivity contribution in [2.24, 2.45) is 23.2 Å². The summed E-state index contributed by atoms with van der Waals surface area (Å²) < 4.78 is 0. The summed E-state index contributed by atoms with van der Waals surface area (Å²) in [6, 6.07) is 0. The van der Waals surface area contributed by atoms with Crippen molar-refractivity contribution in [1.82, 2.24) is 0 Å². The molecule has 0 saturated heterocycles. The van der Waals surface area contributed by atoms with Crippen LogP contribution in [0.3, 0.4) is 0 Å². The molecule has 0 spiro atoms. The van der Waals surface area contributed by atoms with Gasteiger partial charge in [-0.2, -0.15) is 0 Å². The van der Waals surface area contributed by atoms with Crippen LogP contribution in [0.1, 0.15) is 72.6 Å². The predicted molar refractivity (Wildman–Crippen MR) is 82.9 cm³/mol. The first-order chi connectivity index (χ1) is 9.66. The third-order valence-electron chi connectivity index (χ3n) is 6.13. The number of carbonyl (C=O) groups excluding carboxylic acids is 2. The molecule has 2 fully saturated rings. The summed E-state index contributed by atoms with van der Waals surface area (Å²) in [7, 11) is 0. The predicted octanol–water partition coefficient (Wildman–Crippen LogP) is 3.53. The number of ketones is 2. The number of fused-ring (bicyclic) bond motifs is 1. The van der Waals surface area contributed by atoms with E-state index in [2.05, 4.69) is 13.8 Å². The normalized spacial score (nSPS) is 34.6. The van der Waals surface area contributed by atoms with Crippen LogP contribution >= 0.6 is 0 Å². The third-order valence-corrected chi connectivity index (χ3v) is 6.13. The van der Waals surface area contributed by atoms with Crippen molar-refractivity contribution in [2.45, 2.75) is 78.2 Å². The molecule has 2 aliphatic rings. The molecule has 4 atom stereocenters. The van der Waals surface area contributed by atoms with Gasteiger partial charge >= 0.3 is 0 Å². The van der Waals surface area contributed by atoms with E-state index in [1.165, 1.54) is 0 Å². The number of rotatable bonds is 5. The van der Waals surface area contributed by atoms with Crippen molar-refractivity contribution in [3.8, 4) is 0 Å². The van der Waals surface area contributed by atoms with Gasteiger partial charge in [-0.3, -0.25) is 9.59 Å². The Balaban J connectivity index is 1.98. The van der Waals surface area contributed by atoms with Crippen LogP contribution in [0.15, 0.2) is 0 Å². The molecule has 0 radical (unpaired) electrons. The first-order valence-electron chi connectivity index (χ1n) is 8.44. The van der Waals surface area contributed by atoms with Gasteiger partial charge in [-0.05, 0) is 63.2 Å². The van der Waals surface area contributed by atoms with Crippen LogP contribution in [-0.4, -0.2) is 22.3 Å².